The number of rotatable bonds is 6. The molecule has 1 aliphatic heterocycles. The van der Waals surface area contributed by atoms with E-state index in [1.165, 1.54) is 0 Å². The van der Waals surface area contributed by atoms with Crippen LogP contribution in [0.1, 0.15) is 94.2 Å². The fraction of sp³-hybridized carbons (Fsp3) is 0.375. The van der Waals surface area contributed by atoms with Crippen molar-refractivity contribution < 1.29 is 26.3 Å². The zero-order chi connectivity index (χ0) is 45.7. The molecule has 0 atom stereocenters. The molecule has 0 aliphatic carbocycles. The molecule has 0 amide bonds. The molecule has 5 aromatic carbocycles. The summed E-state index contributed by atoms with van der Waals surface area (Å²) in [4.78, 5) is 9.66. The van der Waals surface area contributed by atoms with Crippen LogP contribution < -0.4 is 10.6 Å². The minimum absolute atomic E-state index is 0.109. The van der Waals surface area contributed by atoms with Crippen LogP contribution in [0.3, 0.4) is 0 Å². The zero-order valence-corrected chi connectivity index (χ0v) is 40.2. The van der Waals surface area contributed by atoms with Gasteiger partial charge in [0.2, 0.25) is 0 Å². The van der Waals surface area contributed by atoms with Gasteiger partial charge in [-0.1, -0.05) is 130 Å². The molecule has 0 spiro atoms. The van der Waals surface area contributed by atoms with E-state index in [2.05, 4.69) is 117 Å². The van der Waals surface area contributed by atoms with Crippen LogP contribution in [-0.4, -0.2) is 26.1 Å². The highest BCUT2D eigenvalue weighted by Gasteiger charge is 2.43. The van der Waals surface area contributed by atoms with Gasteiger partial charge in [-0.25, -0.2) is 36.3 Å². The van der Waals surface area contributed by atoms with E-state index in [0.717, 1.165) is 11.4 Å². The quantitative estimate of drug-likeness (QED) is 0.0436. The van der Waals surface area contributed by atoms with Gasteiger partial charge in [-0.2, -0.15) is 0 Å². The van der Waals surface area contributed by atoms with E-state index in [4.69, 9.17) is 33.2 Å². The molecule has 6 aromatic rings. The Hall–Kier alpha value is -4.47. The normalized spacial score (nSPS) is 13.1. The summed E-state index contributed by atoms with van der Waals surface area (Å²) in [6.45, 7) is 26.2. The summed E-state index contributed by atoms with van der Waals surface area (Å²) in [5.74, 6) is -3.73. The third-order valence-corrected chi connectivity index (χ3v) is 26.7. The van der Waals surface area contributed by atoms with Crippen LogP contribution in [0.15, 0.2) is 24.3 Å². The lowest BCUT2D eigenvalue weighted by Gasteiger charge is -2.38. The molecule has 0 saturated carbocycles. The smallest absolute Gasteiger partial charge is 0.198 e. The van der Waals surface area contributed by atoms with E-state index in [0.29, 0.717) is 22.5 Å². The highest BCUT2D eigenvalue weighted by Crippen LogP contribution is 2.50. The molecule has 7 rings (SSSR count). The van der Waals surface area contributed by atoms with Gasteiger partial charge >= 0.3 is 0 Å². The highest BCUT2D eigenvalue weighted by atomic mass is 35.5. The Morgan fingerprint density at radius 2 is 0.742 bits per heavy atom. The Balaban J connectivity index is 1.75. The molecule has 1 aliphatic rings. The predicted molar refractivity (Wildman–Crippen MR) is 251 cm³/mol. The molecular formula is C48H48Cl2F6N4Si2. The minimum Gasteiger partial charge on any atom is -0.351 e. The van der Waals surface area contributed by atoms with Crippen molar-refractivity contribution in [3.05, 3.63) is 80.3 Å². The van der Waals surface area contributed by atoms with Gasteiger partial charge in [0.05, 0.1) is 43.9 Å². The van der Waals surface area contributed by atoms with Crippen molar-refractivity contribution in [1.29, 1.82) is 0 Å². The molecule has 0 unspecified atom stereocenters. The van der Waals surface area contributed by atoms with Crippen LogP contribution in [0.25, 0.3) is 43.6 Å². The number of fused-ring (bicyclic) bond motifs is 6. The number of aromatic nitrogens is 2. The maximum absolute atomic E-state index is 17.3. The fourth-order valence-corrected chi connectivity index (χ4v) is 21.5. The predicted octanol–water partition coefficient (Wildman–Crippen LogP) is 16.2. The first kappa shape index (κ1) is 45.6. The van der Waals surface area contributed by atoms with Gasteiger partial charge in [-0.15, -0.1) is 11.1 Å². The first-order valence-electron chi connectivity index (χ1n) is 20.9. The molecule has 62 heavy (non-hydrogen) atoms. The number of nitrogens with zero attached hydrogens (tertiary/aromatic N) is 2. The van der Waals surface area contributed by atoms with Gasteiger partial charge in [0.25, 0.3) is 0 Å². The Morgan fingerprint density at radius 3 is 1.03 bits per heavy atom. The molecule has 0 fully saturated rings. The number of para-hydroxylation sites is 2. The van der Waals surface area contributed by atoms with Gasteiger partial charge in [0.1, 0.15) is 38.2 Å². The first-order valence-corrected chi connectivity index (χ1v) is 26.1. The molecule has 0 radical (unpaired) electrons. The summed E-state index contributed by atoms with van der Waals surface area (Å²) >= 11 is 13.1. The van der Waals surface area contributed by atoms with Gasteiger partial charge < -0.3 is 10.6 Å². The lowest BCUT2D eigenvalue weighted by Crippen LogP contribution is -2.43. The summed E-state index contributed by atoms with van der Waals surface area (Å²) in [5.41, 5.74) is 11.2. The standard InChI is InChI=1S/C48H48Cl2F6N4Si2/c1-21(2)61(22(3)4,23(5)6)19-17-27-43-44(58-30-16-14-13-15-29(30)57-43)28(18-20-62(24(7)8,25(9)10)26(11)12)46-45(27)59-47-39(53)33-34(40(54)48(47)60-46)36(50)32-31(35(33)49)37(51)41(55)42(56)38(32)52/h13-16,21-26,57-58H,1-12H3. The maximum Gasteiger partial charge on any atom is 0.198 e. The van der Waals surface area contributed by atoms with Crippen LogP contribution >= 0.6 is 23.2 Å². The van der Waals surface area contributed by atoms with Crippen molar-refractivity contribution in [1.82, 2.24) is 9.97 Å². The van der Waals surface area contributed by atoms with E-state index in [9.17, 15) is 8.78 Å². The third kappa shape index (κ3) is 6.57. The van der Waals surface area contributed by atoms with Crippen molar-refractivity contribution in [3.8, 4) is 22.9 Å². The molecule has 2 heterocycles. The van der Waals surface area contributed by atoms with E-state index < -0.39 is 93.7 Å². The third-order valence-electron chi connectivity index (χ3n) is 13.4. The van der Waals surface area contributed by atoms with Crippen LogP contribution in [0.2, 0.25) is 43.3 Å². The Bertz CT molecular complexity index is 2770. The summed E-state index contributed by atoms with van der Waals surface area (Å²) in [7, 11) is -4.89. The van der Waals surface area contributed by atoms with Gasteiger partial charge in [-0.3, -0.25) is 0 Å². The van der Waals surface area contributed by atoms with Crippen molar-refractivity contribution in [2.45, 2.75) is 116 Å². The van der Waals surface area contributed by atoms with Crippen LogP contribution in [0.5, 0.6) is 0 Å². The van der Waals surface area contributed by atoms with Crippen molar-refractivity contribution in [2.75, 3.05) is 10.6 Å². The number of benzene rings is 5. The van der Waals surface area contributed by atoms with E-state index in [-0.39, 0.29) is 44.3 Å². The Kier molecular flexibility index (Phi) is 12.0. The number of hydrogen-bond acceptors (Lipinski definition) is 4. The van der Waals surface area contributed by atoms with Gasteiger partial charge in [0.15, 0.2) is 34.9 Å². The Morgan fingerprint density at radius 1 is 0.452 bits per heavy atom. The summed E-state index contributed by atoms with van der Waals surface area (Å²) in [6.07, 6.45) is 0. The summed E-state index contributed by atoms with van der Waals surface area (Å²) < 4.78 is 94.6. The molecule has 4 nitrogen and oxygen atoms in total. The van der Waals surface area contributed by atoms with E-state index >= 15 is 17.6 Å². The molecular weight excluding hydrogens is 874 g/mol. The lowest BCUT2D eigenvalue weighted by molar-refractivity contribution is 0.418. The topological polar surface area (TPSA) is 49.8 Å². The second-order valence-corrected chi connectivity index (χ2v) is 30.1. The molecule has 14 heteroatoms. The fourth-order valence-electron chi connectivity index (χ4n) is 10.4. The minimum atomic E-state index is -2.44. The second-order valence-electron chi connectivity index (χ2n) is 18.2. The van der Waals surface area contributed by atoms with E-state index in [1.54, 1.807) is 0 Å². The molecule has 0 bridgehead atoms. The molecule has 324 valence electrons. The average molecular weight is 922 g/mol. The summed E-state index contributed by atoms with van der Waals surface area (Å²) in [6, 6.07) is 7.58. The molecule has 0 saturated heterocycles. The highest BCUT2D eigenvalue weighted by molar-refractivity contribution is 6.91. The number of halogens is 8. The lowest BCUT2D eigenvalue weighted by atomic mass is 9.98. The van der Waals surface area contributed by atoms with Gasteiger partial charge in [-0.05, 0) is 45.4 Å². The van der Waals surface area contributed by atoms with Gasteiger partial charge in [0, 0.05) is 21.5 Å². The molecule has 1 aromatic heterocycles. The van der Waals surface area contributed by atoms with Crippen LogP contribution in [0, 0.1) is 57.8 Å². The zero-order valence-electron chi connectivity index (χ0n) is 36.7. The average Bonchev–Trinajstić information content (AvgIpc) is 3.20. The molecule has 2 N–H and O–H groups in total. The number of nitrogens with one attached hydrogen (secondary N) is 2. The van der Waals surface area contributed by atoms with Crippen LogP contribution in [0.4, 0.5) is 49.1 Å². The maximum atomic E-state index is 17.3. The SMILES string of the molecule is CC(C)[Si](C#Cc1c2c(c(C#C[Si](C(C)C)(C(C)C)C(C)C)c3nc4c(F)c5c(Cl)c6c(F)c(F)c(F)c(F)c6c(Cl)c5c(F)c4nc13)Nc1ccccc1N2)(C(C)C)C(C)C. The number of anilines is 4. The van der Waals surface area contributed by atoms with Crippen molar-refractivity contribution >= 4 is 106 Å². The van der Waals surface area contributed by atoms with Crippen molar-refractivity contribution in [2.24, 2.45) is 0 Å². The second kappa shape index (κ2) is 16.3. The monoisotopic (exact) mass is 920 g/mol. The summed E-state index contributed by atoms with van der Waals surface area (Å²) in [5, 5.41) is 1.58. The van der Waals surface area contributed by atoms with E-state index in [1.807, 2.05) is 24.3 Å². The Labute approximate surface area is 370 Å². The number of hydrogen-bond donors (Lipinski definition) is 2. The van der Waals surface area contributed by atoms with Crippen molar-refractivity contribution in [3.63, 3.8) is 0 Å². The largest absolute Gasteiger partial charge is 0.351 e. The first-order chi connectivity index (χ1) is 29.1. The van der Waals surface area contributed by atoms with Crippen LogP contribution in [-0.2, 0) is 0 Å².